The number of nitrogens with zero attached hydrogens (tertiary/aromatic N) is 1. The molecule has 306 valence electrons. The van der Waals surface area contributed by atoms with Gasteiger partial charge in [-0.05, 0) is 149 Å². The van der Waals surface area contributed by atoms with Crippen molar-refractivity contribution in [2.24, 2.45) is 0 Å². The van der Waals surface area contributed by atoms with Crippen LogP contribution in [0.3, 0.4) is 0 Å². The molecule has 9 aromatic carbocycles. The molecule has 0 N–H and O–H groups in total. The van der Waals surface area contributed by atoms with E-state index in [0.29, 0.717) is 0 Å². The lowest BCUT2D eigenvalue weighted by molar-refractivity contribution is 0.660. The molecule has 9 aromatic rings. The van der Waals surface area contributed by atoms with Crippen LogP contribution in [-0.2, 0) is 16.2 Å². The molecule has 1 heteroatoms. The molecule has 64 heavy (non-hydrogen) atoms. The minimum Gasteiger partial charge on any atom is -0.310 e. The molecular formula is C63H49N. The van der Waals surface area contributed by atoms with Crippen molar-refractivity contribution in [3.05, 3.63) is 245 Å². The second kappa shape index (κ2) is 13.4. The van der Waals surface area contributed by atoms with Crippen LogP contribution in [0.15, 0.2) is 206 Å². The van der Waals surface area contributed by atoms with Crippen LogP contribution in [0.5, 0.6) is 0 Å². The highest BCUT2D eigenvalue weighted by atomic mass is 15.1. The molecule has 4 aliphatic carbocycles. The van der Waals surface area contributed by atoms with E-state index >= 15 is 0 Å². The Morgan fingerprint density at radius 3 is 1.44 bits per heavy atom. The second-order valence-corrected chi connectivity index (χ2v) is 19.5. The zero-order valence-electron chi connectivity index (χ0n) is 36.9. The van der Waals surface area contributed by atoms with E-state index in [9.17, 15) is 0 Å². The molecule has 0 aromatic heterocycles. The molecule has 0 saturated carbocycles. The van der Waals surface area contributed by atoms with Gasteiger partial charge in [0.2, 0.25) is 0 Å². The smallest absolute Gasteiger partial charge is 0.0717 e. The normalized spacial score (nSPS) is 17.9. The summed E-state index contributed by atoms with van der Waals surface area (Å²) in [4.78, 5) is 2.55. The zero-order chi connectivity index (χ0) is 43.0. The van der Waals surface area contributed by atoms with Gasteiger partial charge in [-0.1, -0.05) is 192 Å². The average molecular weight is 820 g/mol. The second-order valence-electron chi connectivity index (χ2n) is 19.5. The van der Waals surface area contributed by atoms with Gasteiger partial charge in [0, 0.05) is 27.9 Å². The van der Waals surface area contributed by atoms with Gasteiger partial charge < -0.3 is 4.90 Å². The number of anilines is 3. The molecule has 0 amide bonds. The molecule has 1 nitrogen and oxygen atoms in total. The van der Waals surface area contributed by atoms with E-state index in [4.69, 9.17) is 0 Å². The highest BCUT2D eigenvalue weighted by molar-refractivity contribution is 6.19. The van der Waals surface area contributed by atoms with Crippen LogP contribution >= 0.6 is 0 Å². The lowest BCUT2D eigenvalue weighted by Gasteiger charge is -2.37. The van der Waals surface area contributed by atoms with Gasteiger partial charge in [0.05, 0.1) is 5.41 Å². The Labute approximate surface area is 376 Å². The molecule has 0 saturated heterocycles. The largest absolute Gasteiger partial charge is 0.310 e. The van der Waals surface area contributed by atoms with E-state index in [1.807, 2.05) is 0 Å². The number of fused-ring (bicyclic) bond motifs is 14. The molecule has 1 unspecified atom stereocenters. The van der Waals surface area contributed by atoms with Crippen molar-refractivity contribution in [3.8, 4) is 33.4 Å². The van der Waals surface area contributed by atoms with E-state index in [-0.39, 0.29) is 10.8 Å². The summed E-state index contributed by atoms with van der Waals surface area (Å²) in [5.74, 6) is 0. The van der Waals surface area contributed by atoms with Crippen LogP contribution in [0.1, 0.15) is 79.5 Å². The van der Waals surface area contributed by atoms with Crippen molar-refractivity contribution in [1.82, 2.24) is 0 Å². The average Bonchev–Trinajstić information content (AvgIpc) is 3.87. The first-order chi connectivity index (χ1) is 31.3. The Bertz CT molecular complexity index is 3400. The number of hydrogen-bond donors (Lipinski definition) is 0. The van der Waals surface area contributed by atoms with E-state index in [2.05, 4.69) is 233 Å². The van der Waals surface area contributed by atoms with Crippen molar-refractivity contribution in [1.29, 1.82) is 0 Å². The van der Waals surface area contributed by atoms with Crippen molar-refractivity contribution in [2.75, 3.05) is 4.90 Å². The minimum absolute atomic E-state index is 0.140. The Morgan fingerprint density at radius 2 is 0.859 bits per heavy atom. The summed E-state index contributed by atoms with van der Waals surface area (Å²) in [5.41, 5.74) is 21.5. The van der Waals surface area contributed by atoms with Gasteiger partial charge in [0.1, 0.15) is 0 Å². The van der Waals surface area contributed by atoms with E-state index in [0.717, 1.165) is 18.5 Å². The van der Waals surface area contributed by atoms with Crippen LogP contribution in [0.2, 0.25) is 0 Å². The first kappa shape index (κ1) is 37.3. The predicted octanol–water partition coefficient (Wildman–Crippen LogP) is 16.7. The van der Waals surface area contributed by atoms with Gasteiger partial charge in [-0.15, -0.1) is 0 Å². The van der Waals surface area contributed by atoms with Gasteiger partial charge in [0.15, 0.2) is 0 Å². The molecule has 0 radical (unpaired) electrons. The predicted molar refractivity (Wildman–Crippen MR) is 269 cm³/mol. The number of allylic oxidation sites excluding steroid dienone is 4. The summed E-state index contributed by atoms with van der Waals surface area (Å²) < 4.78 is 0. The van der Waals surface area contributed by atoms with Crippen LogP contribution in [0, 0.1) is 0 Å². The summed E-state index contributed by atoms with van der Waals surface area (Å²) in [6.45, 7) is 9.56. The van der Waals surface area contributed by atoms with Crippen molar-refractivity contribution >= 4 is 38.6 Å². The molecular weight excluding hydrogens is 771 g/mol. The van der Waals surface area contributed by atoms with Crippen LogP contribution in [0.4, 0.5) is 17.1 Å². The third kappa shape index (κ3) is 4.90. The van der Waals surface area contributed by atoms with E-state index < -0.39 is 5.41 Å². The standard InChI is InChI=1S/C63H49N/c1-61(2)54-29-17-15-25-47(54)49-34-31-42(37-56(49)61)64(43-32-35-50-48-26-16-18-30-55(48)62(3,4)57(50)38-43)44-33-36-53-58(39-44)63(40-19-7-5-8-20-40,41-21-9-6-10-22-41)60-52-28-14-12-24-46(52)45-23-11-13-27-51(45)59(53)60/h5,7-9,11-39H,6,10H2,1-4H3. The quantitative estimate of drug-likeness (QED) is 0.156. The fourth-order valence-electron chi connectivity index (χ4n) is 12.6. The Kier molecular flexibility index (Phi) is 7.82. The lowest BCUT2D eigenvalue weighted by Crippen LogP contribution is -2.30. The van der Waals surface area contributed by atoms with Gasteiger partial charge in [-0.2, -0.15) is 0 Å². The highest BCUT2D eigenvalue weighted by Crippen LogP contribution is 2.62. The summed E-state index contributed by atoms with van der Waals surface area (Å²) in [6, 6.07) is 69.4. The maximum absolute atomic E-state index is 2.56. The molecule has 1 atom stereocenters. The molecule has 0 fully saturated rings. The van der Waals surface area contributed by atoms with Crippen LogP contribution < -0.4 is 4.90 Å². The Balaban J connectivity index is 1.12. The fraction of sp³-hybridized carbons (Fsp3) is 0.143. The first-order valence-corrected chi connectivity index (χ1v) is 23.1. The first-order valence-electron chi connectivity index (χ1n) is 23.1. The zero-order valence-corrected chi connectivity index (χ0v) is 36.9. The van der Waals surface area contributed by atoms with Crippen molar-refractivity contribution in [3.63, 3.8) is 0 Å². The molecule has 4 aliphatic rings. The summed E-state index contributed by atoms with van der Waals surface area (Å²) in [5, 5.41) is 5.22. The fourth-order valence-corrected chi connectivity index (χ4v) is 12.6. The highest BCUT2D eigenvalue weighted by Gasteiger charge is 2.49. The maximum atomic E-state index is 2.56. The van der Waals surface area contributed by atoms with Gasteiger partial charge in [-0.25, -0.2) is 0 Å². The number of hydrogen-bond acceptors (Lipinski definition) is 1. The lowest BCUT2D eigenvalue weighted by atomic mass is 9.65. The number of benzene rings is 9. The SMILES string of the molecule is CC1(C)c2ccccc2-c2ccc(N(c3ccc4c(c3)C(C)(C)c3ccccc3-4)c3ccc4c(c3)C(C3=CCCC=C3)(c3ccccc3)c3c-4c4ccccc4c4ccccc34)cc21. The Morgan fingerprint density at radius 1 is 0.391 bits per heavy atom. The van der Waals surface area contributed by atoms with E-state index in [1.54, 1.807) is 0 Å². The van der Waals surface area contributed by atoms with Crippen LogP contribution in [-0.4, -0.2) is 0 Å². The summed E-state index contributed by atoms with van der Waals surface area (Å²) >= 11 is 0. The molecule has 0 spiro atoms. The molecule has 0 heterocycles. The Hall–Kier alpha value is -7.22. The number of rotatable bonds is 5. The van der Waals surface area contributed by atoms with Gasteiger partial charge >= 0.3 is 0 Å². The van der Waals surface area contributed by atoms with Crippen LogP contribution in [0.25, 0.3) is 54.9 Å². The summed E-state index contributed by atoms with van der Waals surface area (Å²) in [7, 11) is 0. The topological polar surface area (TPSA) is 3.24 Å². The van der Waals surface area contributed by atoms with Gasteiger partial charge in [0.25, 0.3) is 0 Å². The van der Waals surface area contributed by atoms with E-state index in [1.165, 1.54) is 111 Å². The summed E-state index contributed by atoms with van der Waals surface area (Å²) in [6.07, 6.45) is 9.43. The monoisotopic (exact) mass is 819 g/mol. The van der Waals surface area contributed by atoms with Gasteiger partial charge in [-0.3, -0.25) is 0 Å². The molecule has 0 aliphatic heterocycles. The maximum Gasteiger partial charge on any atom is 0.0717 e. The third-order valence-corrected chi connectivity index (χ3v) is 15.5. The van der Waals surface area contributed by atoms with Crippen molar-refractivity contribution in [2.45, 2.75) is 56.8 Å². The molecule has 13 rings (SSSR count). The minimum atomic E-state index is -0.558. The third-order valence-electron chi connectivity index (χ3n) is 15.5. The molecule has 0 bridgehead atoms. The van der Waals surface area contributed by atoms with Crippen molar-refractivity contribution < 1.29 is 0 Å².